The van der Waals surface area contributed by atoms with Crippen molar-refractivity contribution in [2.75, 3.05) is 0 Å². The van der Waals surface area contributed by atoms with Crippen molar-refractivity contribution in [2.45, 2.75) is 26.2 Å². The topological polar surface area (TPSA) is 67.5 Å². The number of nitrogens with two attached hydrogens (primary N) is 1. The van der Waals surface area contributed by atoms with Crippen molar-refractivity contribution in [3.05, 3.63) is 35.9 Å². The summed E-state index contributed by atoms with van der Waals surface area (Å²) in [5.74, 6) is 0. The number of carbonyl (C=O) groups excluding carboxylic acids is 1. The zero-order valence-corrected chi connectivity index (χ0v) is 9.82. The maximum atomic E-state index is 10.6. The van der Waals surface area contributed by atoms with Crippen LogP contribution in [0.25, 0.3) is 0 Å². The van der Waals surface area contributed by atoms with E-state index in [-0.39, 0.29) is 5.41 Å². The van der Waals surface area contributed by atoms with Crippen LogP contribution in [0.4, 0.5) is 4.79 Å². The minimum atomic E-state index is -0.650. The van der Waals surface area contributed by atoms with Gasteiger partial charge in [0.1, 0.15) is 0 Å². The van der Waals surface area contributed by atoms with Crippen molar-refractivity contribution < 1.29 is 4.79 Å². The molecule has 0 aliphatic carbocycles. The Labute approximate surface area is 95.5 Å². The first-order valence-corrected chi connectivity index (χ1v) is 5.10. The number of carbonyl (C=O) groups is 1. The second-order valence-corrected chi connectivity index (χ2v) is 4.16. The lowest BCUT2D eigenvalue weighted by Crippen LogP contribution is -2.32. The Morgan fingerprint density at radius 2 is 1.88 bits per heavy atom. The van der Waals surface area contributed by atoms with Crippen molar-refractivity contribution in [3.8, 4) is 0 Å². The molecule has 1 rings (SSSR count). The Bertz CT molecular complexity index is 396. The average Bonchev–Trinajstić information content (AvgIpc) is 2.27. The highest BCUT2D eigenvalue weighted by atomic mass is 16.2. The van der Waals surface area contributed by atoms with Crippen LogP contribution in [0.3, 0.4) is 0 Å². The summed E-state index contributed by atoms with van der Waals surface area (Å²) in [6.07, 6.45) is 0. The largest absolute Gasteiger partial charge is 0.350 e. The normalized spacial score (nSPS) is 12.3. The maximum absolute atomic E-state index is 10.6. The van der Waals surface area contributed by atoms with Crippen LogP contribution in [0.2, 0.25) is 0 Å². The first-order valence-electron chi connectivity index (χ1n) is 5.10. The summed E-state index contributed by atoms with van der Waals surface area (Å²) in [6, 6.07) is 9.33. The maximum Gasteiger partial charge on any atom is 0.332 e. The molecular weight excluding hydrogens is 202 g/mol. The van der Waals surface area contributed by atoms with Gasteiger partial charge in [0.05, 0.1) is 0 Å². The lowest BCUT2D eigenvalue weighted by Gasteiger charge is -2.24. The molecule has 0 bridgehead atoms. The Balaban J connectivity index is 2.93. The predicted octanol–water partition coefficient (Wildman–Crippen LogP) is 2.01. The van der Waals surface area contributed by atoms with Gasteiger partial charge in [-0.05, 0) is 12.5 Å². The van der Waals surface area contributed by atoms with Gasteiger partial charge < -0.3 is 5.73 Å². The van der Waals surface area contributed by atoms with E-state index in [1.54, 1.807) is 0 Å². The van der Waals surface area contributed by atoms with E-state index in [2.05, 4.69) is 10.5 Å². The third kappa shape index (κ3) is 2.82. The lowest BCUT2D eigenvalue weighted by atomic mass is 9.81. The molecule has 0 unspecified atom stereocenters. The first-order chi connectivity index (χ1) is 7.44. The fourth-order valence-electron chi connectivity index (χ4n) is 1.34. The fourth-order valence-corrected chi connectivity index (χ4v) is 1.34. The van der Waals surface area contributed by atoms with Crippen LogP contribution in [0.5, 0.6) is 0 Å². The van der Waals surface area contributed by atoms with Gasteiger partial charge in [-0.3, -0.25) is 0 Å². The standard InChI is InChI=1S/C12H17N3O/c1-9(14-15-11(13)16)12(2,3)10-7-5-4-6-8-10/h4-8H,1-3H3,(H3,13,15,16)/b14-9+. The quantitative estimate of drug-likeness (QED) is 0.592. The molecule has 86 valence electrons. The average molecular weight is 219 g/mol. The molecule has 0 aromatic heterocycles. The molecule has 4 nitrogen and oxygen atoms in total. The van der Waals surface area contributed by atoms with Gasteiger partial charge in [-0.1, -0.05) is 44.2 Å². The smallest absolute Gasteiger partial charge is 0.332 e. The van der Waals surface area contributed by atoms with E-state index in [4.69, 9.17) is 5.73 Å². The molecule has 0 radical (unpaired) electrons. The molecule has 0 aliphatic heterocycles. The van der Waals surface area contributed by atoms with Crippen molar-refractivity contribution >= 4 is 11.7 Å². The van der Waals surface area contributed by atoms with E-state index >= 15 is 0 Å². The van der Waals surface area contributed by atoms with Crippen LogP contribution in [0.1, 0.15) is 26.3 Å². The summed E-state index contributed by atoms with van der Waals surface area (Å²) >= 11 is 0. The predicted molar refractivity (Wildman–Crippen MR) is 65.3 cm³/mol. The van der Waals surface area contributed by atoms with E-state index < -0.39 is 6.03 Å². The summed E-state index contributed by atoms with van der Waals surface area (Å²) in [4.78, 5) is 10.6. The number of hydrogen-bond acceptors (Lipinski definition) is 2. The van der Waals surface area contributed by atoms with Gasteiger partial charge in [0.15, 0.2) is 0 Å². The zero-order chi connectivity index (χ0) is 12.2. The molecule has 1 aromatic carbocycles. The van der Waals surface area contributed by atoms with Crippen molar-refractivity contribution in [1.29, 1.82) is 0 Å². The molecule has 0 fully saturated rings. The van der Waals surface area contributed by atoms with Gasteiger partial charge in [-0.2, -0.15) is 5.10 Å². The van der Waals surface area contributed by atoms with E-state index in [0.717, 1.165) is 11.3 Å². The Morgan fingerprint density at radius 1 is 1.31 bits per heavy atom. The molecule has 0 aliphatic rings. The van der Waals surface area contributed by atoms with Gasteiger partial charge >= 0.3 is 6.03 Å². The molecule has 2 amide bonds. The molecule has 3 N–H and O–H groups in total. The highest BCUT2D eigenvalue weighted by molar-refractivity contribution is 5.92. The number of amides is 2. The monoisotopic (exact) mass is 219 g/mol. The molecular formula is C12H17N3O. The zero-order valence-electron chi connectivity index (χ0n) is 9.82. The summed E-state index contributed by atoms with van der Waals surface area (Å²) in [6.45, 7) is 5.95. The molecule has 0 saturated heterocycles. The van der Waals surface area contributed by atoms with Crippen LogP contribution in [0.15, 0.2) is 35.4 Å². The van der Waals surface area contributed by atoms with E-state index in [1.165, 1.54) is 0 Å². The van der Waals surface area contributed by atoms with Crippen molar-refractivity contribution in [1.82, 2.24) is 5.43 Å². The van der Waals surface area contributed by atoms with Gasteiger partial charge in [0.25, 0.3) is 0 Å². The van der Waals surface area contributed by atoms with Gasteiger partial charge in [-0.15, -0.1) is 0 Å². The van der Waals surface area contributed by atoms with Crippen LogP contribution < -0.4 is 11.2 Å². The third-order valence-electron chi connectivity index (χ3n) is 2.73. The van der Waals surface area contributed by atoms with E-state index in [9.17, 15) is 4.79 Å². The summed E-state index contributed by atoms with van der Waals surface area (Å²) < 4.78 is 0. The summed E-state index contributed by atoms with van der Waals surface area (Å²) in [7, 11) is 0. The summed E-state index contributed by atoms with van der Waals surface area (Å²) in [5, 5.41) is 3.96. The van der Waals surface area contributed by atoms with Crippen molar-refractivity contribution in [3.63, 3.8) is 0 Å². The van der Waals surface area contributed by atoms with Gasteiger partial charge in [0.2, 0.25) is 0 Å². The molecule has 0 spiro atoms. The molecule has 1 aromatic rings. The van der Waals surface area contributed by atoms with Gasteiger partial charge in [0, 0.05) is 11.1 Å². The highest BCUT2D eigenvalue weighted by Crippen LogP contribution is 2.24. The second-order valence-electron chi connectivity index (χ2n) is 4.16. The number of rotatable bonds is 3. The molecule has 4 heteroatoms. The fraction of sp³-hybridized carbons (Fsp3) is 0.333. The molecule has 0 atom stereocenters. The third-order valence-corrected chi connectivity index (χ3v) is 2.73. The minimum Gasteiger partial charge on any atom is -0.350 e. The second kappa shape index (κ2) is 4.79. The first kappa shape index (κ1) is 12.2. The van der Waals surface area contributed by atoms with Crippen LogP contribution in [0, 0.1) is 0 Å². The number of nitrogens with zero attached hydrogens (tertiary/aromatic N) is 1. The van der Waals surface area contributed by atoms with E-state index in [1.807, 2.05) is 51.1 Å². The minimum absolute atomic E-state index is 0.232. The van der Waals surface area contributed by atoms with Crippen molar-refractivity contribution in [2.24, 2.45) is 10.8 Å². The number of hydrogen-bond donors (Lipinski definition) is 2. The number of primary amides is 1. The summed E-state index contributed by atoms with van der Waals surface area (Å²) in [5.41, 5.74) is 8.93. The van der Waals surface area contributed by atoms with Gasteiger partial charge in [-0.25, -0.2) is 10.2 Å². The number of urea groups is 1. The highest BCUT2D eigenvalue weighted by Gasteiger charge is 2.24. The molecule has 0 saturated carbocycles. The molecule has 16 heavy (non-hydrogen) atoms. The number of benzene rings is 1. The lowest BCUT2D eigenvalue weighted by molar-refractivity contribution is 0.249. The molecule has 0 heterocycles. The Morgan fingerprint density at radius 3 is 2.38 bits per heavy atom. The number of hydrazone groups is 1. The SMILES string of the molecule is C/C(=N\NC(N)=O)C(C)(C)c1ccccc1. The van der Waals surface area contributed by atoms with Crippen LogP contribution >= 0.6 is 0 Å². The van der Waals surface area contributed by atoms with Crippen LogP contribution in [-0.2, 0) is 5.41 Å². The Hall–Kier alpha value is -1.84. The number of nitrogens with one attached hydrogen (secondary N) is 1. The van der Waals surface area contributed by atoms with E-state index in [0.29, 0.717) is 0 Å². The van der Waals surface area contributed by atoms with Crippen LogP contribution in [-0.4, -0.2) is 11.7 Å². The Kier molecular flexibility index (Phi) is 3.66.